The van der Waals surface area contributed by atoms with Crippen LogP contribution in [0.15, 0.2) is 18.2 Å². The van der Waals surface area contributed by atoms with E-state index < -0.39 is 0 Å². The van der Waals surface area contributed by atoms with Crippen LogP contribution >= 0.6 is 0 Å². The summed E-state index contributed by atoms with van der Waals surface area (Å²) >= 11 is 0. The standard InChI is InChI=1S/C18H28N2O3/c1-3-22-16-7-8-17(23-4-2)15(14-16)6-9-18(21)20-12-5-10-19-11-13-20/h7-8,14,19H,3-6,9-13H2,1-2H3. The molecular formula is C18H28N2O3. The molecule has 1 aromatic carbocycles. The van der Waals surface area contributed by atoms with Crippen molar-refractivity contribution in [2.24, 2.45) is 0 Å². The number of nitrogens with one attached hydrogen (secondary N) is 1. The van der Waals surface area contributed by atoms with E-state index in [1.165, 1.54) is 0 Å². The second-order valence-electron chi connectivity index (χ2n) is 5.62. The Kier molecular flexibility index (Phi) is 7.20. The molecule has 0 saturated carbocycles. The third-order valence-corrected chi connectivity index (χ3v) is 3.94. The van der Waals surface area contributed by atoms with Crippen molar-refractivity contribution >= 4 is 5.91 Å². The summed E-state index contributed by atoms with van der Waals surface area (Å²) in [6, 6.07) is 5.84. The summed E-state index contributed by atoms with van der Waals surface area (Å²) in [5.74, 6) is 1.90. The molecule has 1 saturated heterocycles. The van der Waals surface area contributed by atoms with Crippen LogP contribution in [-0.4, -0.2) is 50.2 Å². The molecule has 1 amide bonds. The van der Waals surface area contributed by atoms with E-state index in [4.69, 9.17) is 9.47 Å². The fourth-order valence-electron chi connectivity index (χ4n) is 2.80. The minimum absolute atomic E-state index is 0.220. The molecule has 5 nitrogen and oxygen atoms in total. The van der Waals surface area contributed by atoms with Gasteiger partial charge in [0.05, 0.1) is 13.2 Å². The van der Waals surface area contributed by atoms with Crippen LogP contribution in [0.2, 0.25) is 0 Å². The van der Waals surface area contributed by atoms with Gasteiger partial charge in [-0.05, 0) is 57.0 Å². The first-order chi connectivity index (χ1) is 11.2. The van der Waals surface area contributed by atoms with E-state index in [9.17, 15) is 4.79 Å². The Morgan fingerprint density at radius 3 is 2.78 bits per heavy atom. The van der Waals surface area contributed by atoms with Crippen LogP contribution in [0.3, 0.4) is 0 Å². The van der Waals surface area contributed by atoms with Gasteiger partial charge >= 0.3 is 0 Å². The Labute approximate surface area is 139 Å². The molecule has 0 atom stereocenters. The maximum absolute atomic E-state index is 12.4. The average Bonchev–Trinajstić information content (AvgIpc) is 2.84. The summed E-state index contributed by atoms with van der Waals surface area (Å²) in [5, 5.41) is 3.32. The molecule has 1 aromatic rings. The lowest BCUT2D eigenvalue weighted by Gasteiger charge is -2.20. The molecule has 1 aliphatic rings. The van der Waals surface area contributed by atoms with Gasteiger partial charge in [0.15, 0.2) is 0 Å². The van der Waals surface area contributed by atoms with Gasteiger partial charge in [0.1, 0.15) is 11.5 Å². The Bertz CT molecular complexity index is 497. The lowest BCUT2D eigenvalue weighted by atomic mass is 10.1. The smallest absolute Gasteiger partial charge is 0.222 e. The van der Waals surface area contributed by atoms with Crippen molar-refractivity contribution in [3.05, 3.63) is 23.8 Å². The molecule has 0 spiro atoms. The fraction of sp³-hybridized carbons (Fsp3) is 0.611. The summed E-state index contributed by atoms with van der Waals surface area (Å²) in [6.07, 6.45) is 2.21. The van der Waals surface area contributed by atoms with Gasteiger partial charge in [-0.25, -0.2) is 0 Å². The first kappa shape index (κ1) is 17.6. The summed E-state index contributed by atoms with van der Waals surface area (Å²) in [5.41, 5.74) is 1.04. The lowest BCUT2D eigenvalue weighted by molar-refractivity contribution is -0.130. The average molecular weight is 320 g/mol. The van der Waals surface area contributed by atoms with E-state index in [-0.39, 0.29) is 5.91 Å². The number of hydrogen-bond acceptors (Lipinski definition) is 4. The Morgan fingerprint density at radius 2 is 2.00 bits per heavy atom. The van der Waals surface area contributed by atoms with Gasteiger partial charge in [0.2, 0.25) is 5.91 Å². The van der Waals surface area contributed by atoms with E-state index in [2.05, 4.69) is 5.32 Å². The van der Waals surface area contributed by atoms with Crippen LogP contribution in [0.5, 0.6) is 11.5 Å². The third kappa shape index (κ3) is 5.43. The molecule has 0 aliphatic carbocycles. The van der Waals surface area contributed by atoms with E-state index in [1.54, 1.807) is 0 Å². The van der Waals surface area contributed by atoms with E-state index in [0.717, 1.165) is 49.7 Å². The van der Waals surface area contributed by atoms with Crippen LogP contribution in [0.4, 0.5) is 0 Å². The molecule has 128 valence electrons. The van der Waals surface area contributed by atoms with Crippen LogP contribution in [0, 0.1) is 0 Å². The van der Waals surface area contributed by atoms with Gasteiger partial charge in [0, 0.05) is 26.1 Å². The number of hydrogen-bond donors (Lipinski definition) is 1. The summed E-state index contributed by atoms with van der Waals surface area (Å²) < 4.78 is 11.2. The number of ether oxygens (including phenoxy) is 2. The predicted molar refractivity (Wildman–Crippen MR) is 91.2 cm³/mol. The molecule has 1 heterocycles. The molecule has 0 bridgehead atoms. The molecule has 0 aromatic heterocycles. The topological polar surface area (TPSA) is 50.8 Å². The van der Waals surface area contributed by atoms with Gasteiger partial charge in [-0.15, -0.1) is 0 Å². The van der Waals surface area contributed by atoms with Crippen molar-refractivity contribution in [1.29, 1.82) is 0 Å². The zero-order chi connectivity index (χ0) is 16.5. The molecule has 0 unspecified atom stereocenters. The number of rotatable bonds is 7. The summed E-state index contributed by atoms with van der Waals surface area (Å²) in [6.45, 7) is 8.71. The highest BCUT2D eigenvalue weighted by Crippen LogP contribution is 2.26. The number of nitrogens with zero attached hydrogens (tertiary/aromatic N) is 1. The monoisotopic (exact) mass is 320 g/mol. The van der Waals surface area contributed by atoms with E-state index in [0.29, 0.717) is 26.1 Å². The van der Waals surface area contributed by atoms with E-state index >= 15 is 0 Å². The number of aryl methyl sites for hydroxylation is 1. The van der Waals surface area contributed by atoms with Gasteiger partial charge in [0.25, 0.3) is 0 Å². The Balaban J connectivity index is 1.99. The maximum Gasteiger partial charge on any atom is 0.222 e. The van der Waals surface area contributed by atoms with Crippen molar-refractivity contribution in [3.63, 3.8) is 0 Å². The number of carbonyl (C=O) groups is 1. The SMILES string of the molecule is CCOc1ccc(OCC)c(CCC(=O)N2CCCNCC2)c1. The number of carbonyl (C=O) groups excluding carboxylic acids is 1. The normalized spacial score (nSPS) is 15.1. The molecule has 0 radical (unpaired) electrons. The largest absolute Gasteiger partial charge is 0.494 e. The predicted octanol–water partition coefficient (Wildman–Crippen LogP) is 2.24. The highest BCUT2D eigenvalue weighted by Gasteiger charge is 2.16. The van der Waals surface area contributed by atoms with Crippen molar-refractivity contribution < 1.29 is 14.3 Å². The number of amides is 1. The van der Waals surface area contributed by atoms with Gasteiger partial charge in [-0.3, -0.25) is 4.79 Å². The molecule has 1 aliphatic heterocycles. The van der Waals surface area contributed by atoms with Gasteiger partial charge in [-0.2, -0.15) is 0 Å². The van der Waals surface area contributed by atoms with Crippen molar-refractivity contribution in [3.8, 4) is 11.5 Å². The van der Waals surface area contributed by atoms with Crippen LogP contribution in [0.25, 0.3) is 0 Å². The molecule has 1 N–H and O–H groups in total. The van der Waals surface area contributed by atoms with Crippen molar-refractivity contribution in [1.82, 2.24) is 10.2 Å². The molecule has 5 heteroatoms. The maximum atomic E-state index is 12.4. The first-order valence-electron chi connectivity index (χ1n) is 8.61. The fourth-order valence-corrected chi connectivity index (χ4v) is 2.80. The van der Waals surface area contributed by atoms with Crippen LogP contribution in [0.1, 0.15) is 32.3 Å². The van der Waals surface area contributed by atoms with Crippen molar-refractivity contribution in [2.75, 3.05) is 39.4 Å². The Morgan fingerprint density at radius 1 is 1.17 bits per heavy atom. The summed E-state index contributed by atoms with van der Waals surface area (Å²) in [4.78, 5) is 14.4. The number of benzene rings is 1. The quantitative estimate of drug-likeness (QED) is 0.837. The van der Waals surface area contributed by atoms with Gasteiger partial charge in [-0.1, -0.05) is 0 Å². The van der Waals surface area contributed by atoms with Crippen LogP contribution < -0.4 is 14.8 Å². The molecular weight excluding hydrogens is 292 g/mol. The lowest BCUT2D eigenvalue weighted by Crippen LogP contribution is -2.34. The second-order valence-corrected chi connectivity index (χ2v) is 5.62. The molecule has 2 rings (SSSR count). The third-order valence-electron chi connectivity index (χ3n) is 3.94. The minimum atomic E-state index is 0.220. The van der Waals surface area contributed by atoms with Crippen molar-refractivity contribution in [2.45, 2.75) is 33.1 Å². The highest BCUT2D eigenvalue weighted by molar-refractivity contribution is 5.76. The molecule has 1 fully saturated rings. The Hall–Kier alpha value is -1.75. The minimum Gasteiger partial charge on any atom is -0.494 e. The van der Waals surface area contributed by atoms with Crippen LogP contribution in [-0.2, 0) is 11.2 Å². The molecule has 23 heavy (non-hydrogen) atoms. The zero-order valence-corrected chi connectivity index (χ0v) is 14.3. The van der Waals surface area contributed by atoms with E-state index in [1.807, 2.05) is 36.9 Å². The van der Waals surface area contributed by atoms with Gasteiger partial charge < -0.3 is 19.7 Å². The second kappa shape index (κ2) is 9.40. The highest BCUT2D eigenvalue weighted by atomic mass is 16.5. The zero-order valence-electron chi connectivity index (χ0n) is 14.3. The first-order valence-corrected chi connectivity index (χ1v) is 8.61. The summed E-state index contributed by atoms with van der Waals surface area (Å²) in [7, 11) is 0.